The fourth-order valence-corrected chi connectivity index (χ4v) is 3.20. The largest absolute Gasteiger partial charge is 0.309 e. The fourth-order valence-electron chi connectivity index (χ4n) is 2.20. The number of benzene rings is 2. The summed E-state index contributed by atoms with van der Waals surface area (Å²) in [5, 5.41) is 4.19. The van der Waals surface area contributed by atoms with Gasteiger partial charge in [0.2, 0.25) is 0 Å². The van der Waals surface area contributed by atoms with Gasteiger partial charge >= 0.3 is 0 Å². The third kappa shape index (κ3) is 3.89. The Morgan fingerprint density at radius 2 is 1.87 bits per heavy atom. The second-order valence-corrected chi connectivity index (χ2v) is 6.80. The molecular weight excluding hydrogens is 307 g/mol. The Morgan fingerprint density at radius 3 is 2.43 bits per heavy atom. The van der Waals surface area contributed by atoms with E-state index >= 15 is 0 Å². The van der Waals surface area contributed by atoms with E-state index in [9.17, 15) is 4.39 Å². The topological polar surface area (TPSA) is 16.1 Å². The number of thioether (sulfide) groups is 1. The SMILES string of the molecule is CN(C)CCSc1ccc2ccccc2n1.Fc1cc2ccc1=2. The van der Waals surface area contributed by atoms with Gasteiger partial charge in [-0.05, 0) is 37.5 Å². The Morgan fingerprint density at radius 1 is 1.04 bits per heavy atom. The van der Waals surface area contributed by atoms with E-state index in [4.69, 9.17) is 0 Å². The van der Waals surface area contributed by atoms with E-state index in [2.05, 4.69) is 48.2 Å². The lowest BCUT2D eigenvalue weighted by molar-refractivity contribution is 0.437. The molecule has 0 spiro atoms. The van der Waals surface area contributed by atoms with Crippen LogP contribution in [0, 0.1) is 16.3 Å². The van der Waals surface area contributed by atoms with E-state index in [1.54, 1.807) is 6.07 Å². The van der Waals surface area contributed by atoms with Crippen molar-refractivity contribution in [2.75, 3.05) is 26.4 Å². The van der Waals surface area contributed by atoms with Crippen LogP contribution >= 0.6 is 11.8 Å². The van der Waals surface area contributed by atoms with Gasteiger partial charge in [0.05, 0.1) is 10.5 Å². The predicted octanol–water partition coefficient (Wildman–Crippen LogP) is 4.31. The van der Waals surface area contributed by atoms with Crippen LogP contribution in [0.5, 0.6) is 0 Å². The van der Waals surface area contributed by atoms with E-state index < -0.39 is 0 Å². The van der Waals surface area contributed by atoms with Crippen molar-refractivity contribution in [1.29, 1.82) is 0 Å². The first kappa shape index (κ1) is 16.0. The van der Waals surface area contributed by atoms with E-state index in [0.717, 1.165) is 33.3 Å². The smallest absolute Gasteiger partial charge is 0.131 e. The Balaban J connectivity index is 0.000000183. The van der Waals surface area contributed by atoms with Crippen molar-refractivity contribution >= 4 is 22.7 Å². The van der Waals surface area contributed by atoms with Gasteiger partial charge in [-0.15, -0.1) is 11.8 Å². The molecule has 0 radical (unpaired) electrons. The van der Waals surface area contributed by atoms with Crippen LogP contribution in [0.4, 0.5) is 4.39 Å². The molecule has 0 aliphatic heterocycles. The second kappa shape index (κ2) is 7.11. The van der Waals surface area contributed by atoms with Gasteiger partial charge in [0.1, 0.15) is 5.82 Å². The maximum Gasteiger partial charge on any atom is 0.131 e. The van der Waals surface area contributed by atoms with Crippen molar-refractivity contribution in [2.45, 2.75) is 5.03 Å². The molecule has 2 nitrogen and oxygen atoms in total. The van der Waals surface area contributed by atoms with Gasteiger partial charge in [0.15, 0.2) is 0 Å². The summed E-state index contributed by atoms with van der Waals surface area (Å²) >= 11 is 1.81. The van der Waals surface area contributed by atoms with Crippen LogP contribution in [0.15, 0.2) is 59.6 Å². The molecular formula is C19H19FN2S. The summed E-state index contributed by atoms with van der Waals surface area (Å²) in [6, 6.07) is 17.7. The average molecular weight is 326 g/mol. The molecule has 0 saturated heterocycles. The van der Waals surface area contributed by atoms with Crippen molar-refractivity contribution in [3.63, 3.8) is 0 Å². The third-order valence-corrected chi connectivity index (χ3v) is 4.55. The third-order valence-electron chi connectivity index (χ3n) is 3.64. The van der Waals surface area contributed by atoms with Crippen LogP contribution in [-0.2, 0) is 0 Å². The first-order chi connectivity index (χ1) is 11.1. The van der Waals surface area contributed by atoms with Crippen LogP contribution in [0.2, 0.25) is 0 Å². The quantitative estimate of drug-likeness (QED) is 0.520. The van der Waals surface area contributed by atoms with E-state index in [1.807, 2.05) is 30.0 Å². The molecule has 0 bridgehead atoms. The highest BCUT2D eigenvalue weighted by Gasteiger charge is 2.02. The molecule has 2 aliphatic rings. The monoisotopic (exact) mass is 326 g/mol. The van der Waals surface area contributed by atoms with Gasteiger partial charge in [-0.2, -0.15) is 0 Å². The molecule has 4 rings (SSSR count). The van der Waals surface area contributed by atoms with Crippen LogP contribution in [0.25, 0.3) is 10.9 Å². The van der Waals surface area contributed by atoms with Gasteiger partial charge < -0.3 is 4.90 Å². The number of halogens is 1. The van der Waals surface area contributed by atoms with Crippen LogP contribution < -0.4 is 0 Å². The number of nitrogens with zero attached hydrogens (tertiary/aromatic N) is 2. The standard InChI is InChI=1S/C13H16N2S.C6H3F/c1-15(2)9-10-16-13-8-7-11-5-3-4-6-12(11)14-13;7-6-3-4-1-2-5(4)6/h3-8H,9-10H2,1-2H3;1-3H. The predicted molar refractivity (Wildman–Crippen MR) is 95.1 cm³/mol. The Hall–Kier alpha value is -1.91. The maximum atomic E-state index is 12.0. The number of rotatable bonds is 4. The fraction of sp³-hybridized carbons (Fsp3) is 0.211. The van der Waals surface area contributed by atoms with Crippen LogP contribution in [0.3, 0.4) is 0 Å². The van der Waals surface area contributed by atoms with Crippen molar-refractivity contribution in [1.82, 2.24) is 9.88 Å². The van der Waals surface area contributed by atoms with Gasteiger partial charge in [-0.25, -0.2) is 9.37 Å². The summed E-state index contributed by atoms with van der Waals surface area (Å²) in [4.78, 5) is 6.81. The molecule has 0 saturated carbocycles. The molecule has 1 heterocycles. The number of para-hydroxylation sites is 1. The summed E-state index contributed by atoms with van der Waals surface area (Å²) in [6.07, 6.45) is 0. The highest BCUT2D eigenvalue weighted by atomic mass is 32.2. The van der Waals surface area contributed by atoms with Crippen LogP contribution in [0.1, 0.15) is 0 Å². The lowest BCUT2D eigenvalue weighted by Crippen LogP contribution is -2.14. The molecule has 0 unspecified atom stereocenters. The summed E-state index contributed by atoms with van der Waals surface area (Å²) in [6.45, 7) is 1.08. The maximum absolute atomic E-state index is 12.0. The minimum absolute atomic E-state index is 0.0579. The Bertz CT molecular complexity index is 909. The summed E-state index contributed by atoms with van der Waals surface area (Å²) in [5.74, 6) is 1.02. The van der Waals surface area contributed by atoms with E-state index in [-0.39, 0.29) is 5.82 Å². The van der Waals surface area contributed by atoms with E-state index in [0.29, 0.717) is 0 Å². The zero-order valence-corrected chi connectivity index (χ0v) is 14.1. The number of aromatic nitrogens is 1. The molecule has 0 N–H and O–H groups in total. The highest BCUT2D eigenvalue weighted by Crippen LogP contribution is 2.19. The van der Waals surface area contributed by atoms with Crippen molar-refractivity contribution in [3.8, 4) is 0 Å². The lowest BCUT2D eigenvalue weighted by Gasteiger charge is -2.08. The minimum atomic E-state index is -0.0579. The number of hydrogen-bond acceptors (Lipinski definition) is 3. The highest BCUT2D eigenvalue weighted by molar-refractivity contribution is 7.99. The summed E-state index contributed by atoms with van der Waals surface area (Å²) in [7, 11) is 4.18. The molecule has 0 fully saturated rings. The Kier molecular flexibility index (Phi) is 4.94. The van der Waals surface area contributed by atoms with Crippen molar-refractivity contribution in [2.24, 2.45) is 0 Å². The summed E-state index contributed by atoms with van der Waals surface area (Å²) < 4.78 is 12.0. The molecule has 0 atom stereocenters. The molecule has 23 heavy (non-hydrogen) atoms. The molecule has 1 aromatic carbocycles. The van der Waals surface area contributed by atoms with Crippen molar-refractivity contribution in [3.05, 3.63) is 70.9 Å². The zero-order valence-electron chi connectivity index (χ0n) is 13.3. The first-order valence-electron chi connectivity index (χ1n) is 7.57. The molecule has 118 valence electrons. The van der Waals surface area contributed by atoms with Gasteiger partial charge in [0, 0.05) is 22.9 Å². The number of hydrogen-bond donors (Lipinski definition) is 0. The summed E-state index contributed by atoms with van der Waals surface area (Å²) in [5.41, 5.74) is 1.08. The van der Waals surface area contributed by atoms with Gasteiger partial charge in [-0.3, -0.25) is 0 Å². The second-order valence-electron chi connectivity index (χ2n) is 5.69. The molecule has 1 aromatic heterocycles. The average Bonchev–Trinajstić information content (AvgIpc) is 2.52. The zero-order chi connectivity index (χ0) is 16.2. The van der Waals surface area contributed by atoms with Crippen molar-refractivity contribution < 1.29 is 4.39 Å². The molecule has 2 aliphatic carbocycles. The normalized spacial score (nSPS) is 11.3. The Labute approximate surface area is 139 Å². The lowest BCUT2D eigenvalue weighted by atomic mass is 10.1. The van der Waals surface area contributed by atoms with E-state index in [1.165, 1.54) is 11.5 Å². The molecule has 2 aromatic rings. The van der Waals surface area contributed by atoms with Gasteiger partial charge in [0.25, 0.3) is 0 Å². The molecule has 0 amide bonds. The van der Waals surface area contributed by atoms with Gasteiger partial charge in [-0.1, -0.05) is 36.4 Å². The minimum Gasteiger partial charge on any atom is -0.309 e. The number of fused-ring (bicyclic) bond motifs is 1. The van der Waals surface area contributed by atoms with Crippen LogP contribution in [-0.4, -0.2) is 36.3 Å². The first-order valence-corrected chi connectivity index (χ1v) is 8.55. The number of pyridine rings is 1. The molecule has 4 heteroatoms.